The first-order chi connectivity index (χ1) is 8.66. The lowest BCUT2D eigenvalue weighted by Gasteiger charge is -2.26. The van der Waals surface area contributed by atoms with Crippen LogP contribution in [-0.2, 0) is 9.84 Å². The molecular weight excluding hydrogens is 250 g/mol. The maximum Gasteiger partial charge on any atom is 0.150 e. The number of hydrogen-bond acceptors (Lipinski definition) is 4. The fourth-order valence-electron chi connectivity index (χ4n) is 3.00. The summed E-state index contributed by atoms with van der Waals surface area (Å²) in [5.41, 5.74) is 1.27. The maximum atomic E-state index is 11.5. The zero-order chi connectivity index (χ0) is 12.6. The van der Waals surface area contributed by atoms with Gasteiger partial charge >= 0.3 is 0 Å². The van der Waals surface area contributed by atoms with E-state index in [9.17, 15) is 8.42 Å². The predicted octanol–water partition coefficient (Wildman–Crippen LogP) is 0.710. The third-order valence-electron chi connectivity index (χ3n) is 4.09. The first-order valence-electron chi connectivity index (χ1n) is 6.58. The van der Waals surface area contributed by atoms with E-state index < -0.39 is 9.84 Å². The Hall–Kier alpha value is -0.880. The predicted molar refractivity (Wildman–Crippen MR) is 69.4 cm³/mol. The van der Waals surface area contributed by atoms with Crippen LogP contribution in [0.1, 0.15) is 36.9 Å². The number of sulfone groups is 1. The molecule has 2 aliphatic heterocycles. The molecule has 0 bridgehead atoms. The molecule has 3 heterocycles. The van der Waals surface area contributed by atoms with Crippen molar-refractivity contribution in [3.63, 3.8) is 0 Å². The van der Waals surface area contributed by atoms with Crippen molar-refractivity contribution in [1.29, 1.82) is 0 Å². The molecule has 2 fully saturated rings. The third-order valence-corrected chi connectivity index (χ3v) is 5.81. The minimum Gasteiger partial charge on any atom is -0.331 e. The highest BCUT2D eigenvalue weighted by Crippen LogP contribution is 2.30. The van der Waals surface area contributed by atoms with Crippen molar-refractivity contribution < 1.29 is 8.42 Å². The second-order valence-electron chi connectivity index (χ2n) is 5.30. The van der Waals surface area contributed by atoms with Crippen molar-refractivity contribution in [3.8, 4) is 0 Å². The van der Waals surface area contributed by atoms with Gasteiger partial charge in [-0.1, -0.05) is 0 Å². The molecule has 1 atom stereocenters. The Labute approximate surface area is 108 Å². The van der Waals surface area contributed by atoms with E-state index in [0.29, 0.717) is 23.5 Å². The normalized spacial score (nSPS) is 28.6. The lowest BCUT2D eigenvalue weighted by Crippen LogP contribution is -2.26. The number of nitrogens with zero attached hydrogens (tertiary/aromatic N) is 2. The zero-order valence-corrected chi connectivity index (χ0v) is 11.2. The highest BCUT2D eigenvalue weighted by molar-refractivity contribution is 7.91. The quantitative estimate of drug-likeness (QED) is 0.859. The third kappa shape index (κ3) is 2.31. The summed E-state index contributed by atoms with van der Waals surface area (Å²) in [6, 6.07) is 0.312. The fraction of sp³-hybridized carbons (Fsp3) is 0.750. The van der Waals surface area contributed by atoms with Crippen molar-refractivity contribution in [2.75, 3.05) is 24.6 Å². The maximum absolute atomic E-state index is 11.5. The van der Waals surface area contributed by atoms with Gasteiger partial charge in [0.15, 0.2) is 0 Å². The summed E-state index contributed by atoms with van der Waals surface area (Å²) in [5.74, 6) is 1.17. The van der Waals surface area contributed by atoms with Gasteiger partial charge in [-0.25, -0.2) is 13.4 Å². The Morgan fingerprint density at radius 3 is 2.72 bits per heavy atom. The molecule has 0 saturated carbocycles. The van der Waals surface area contributed by atoms with Crippen LogP contribution in [0.3, 0.4) is 0 Å². The molecular formula is C12H19N3O2S. The molecule has 18 heavy (non-hydrogen) atoms. The first kappa shape index (κ1) is 12.2. The molecule has 0 amide bonds. The molecule has 2 saturated heterocycles. The molecule has 0 aliphatic carbocycles. The van der Waals surface area contributed by atoms with E-state index >= 15 is 0 Å². The molecule has 1 aromatic heterocycles. The van der Waals surface area contributed by atoms with Gasteiger partial charge in [-0.15, -0.1) is 0 Å². The van der Waals surface area contributed by atoms with Crippen LogP contribution in [0, 0.1) is 0 Å². The van der Waals surface area contributed by atoms with Crippen molar-refractivity contribution in [2.24, 2.45) is 0 Å². The van der Waals surface area contributed by atoms with Crippen LogP contribution < -0.4 is 5.32 Å². The van der Waals surface area contributed by atoms with Gasteiger partial charge in [-0.2, -0.15) is 0 Å². The molecule has 3 rings (SSSR count). The summed E-state index contributed by atoms with van der Waals surface area (Å²) < 4.78 is 25.2. The summed E-state index contributed by atoms with van der Waals surface area (Å²) in [4.78, 5) is 4.26. The van der Waals surface area contributed by atoms with Gasteiger partial charge in [0, 0.05) is 30.4 Å². The smallest absolute Gasteiger partial charge is 0.150 e. The number of rotatable bonds is 2. The Morgan fingerprint density at radius 2 is 2.06 bits per heavy atom. The Kier molecular flexibility index (Phi) is 3.15. The van der Waals surface area contributed by atoms with Crippen LogP contribution in [0.4, 0.5) is 0 Å². The van der Waals surface area contributed by atoms with Crippen LogP contribution >= 0.6 is 0 Å². The number of imidazole rings is 1. The molecule has 0 aromatic carbocycles. The molecule has 5 nitrogen and oxygen atoms in total. The van der Waals surface area contributed by atoms with E-state index in [-0.39, 0.29) is 0 Å². The van der Waals surface area contributed by atoms with E-state index in [1.54, 1.807) is 0 Å². The summed E-state index contributed by atoms with van der Waals surface area (Å²) in [5, 5.41) is 3.37. The van der Waals surface area contributed by atoms with Crippen molar-refractivity contribution in [1.82, 2.24) is 14.9 Å². The van der Waals surface area contributed by atoms with Crippen LogP contribution in [0.15, 0.2) is 12.5 Å². The van der Waals surface area contributed by atoms with Crippen molar-refractivity contribution in [2.45, 2.75) is 31.2 Å². The highest BCUT2D eigenvalue weighted by Gasteiger charge is 2.28. The average Bonchev–Trinajstić information content (AvgIpc) is 2.99. The van der Waals surface area contributed by atoms with Gasteiger partial charge in [0.1, 0.15) is 9.84 Å². The topological polar surface area (TPSA) is 64.0 Å². The van der Waals surface area contributed by atoms with Crippen LogP contribution in [-0.4, -0.2) is 42.6 Å². The number of aromatic nitrogens is 2. The average molecular weight is 269 g/mol. The number of hydrogen-bond donors (Lipinski definition) is 1. The van der Waals surface area contributed by atoms with Crippen molar-refractivity contribution >= 4 is 9.84 Å². The highest BCUT2D eigenvalue weighted by atomic mass is 32.2. The second-order valence-corrected chi connectivity index (χ2v) is 7.60. The molecule has 100 valence electrons. The minimum atomic E-state index is -2.78. The van der Waals surface area contributed by atoms with Crippen molar-refractivity contribution in [3.05, 3.63) is 18.2 Å². The Morgan fingerprint density at radius 1 is 1.28 bits per heavy atom. The minimum absolute atomic E-state index is 0.312. The lowest BCUT2D eigenvalue weighted by atomic mass is 10.0. The summed E-state index contributed by atoms with van der Waals surface area (Å²) in [6.45, 7) is 2.08. The van der Waals surface area contributed by atoms with E-state index in [1.165, 1.54) is 5.69 Å². The SMILES string of the molecule is O=S1(=O)CCC(n2cncc2C2CCNC2)CC1. The molecule has 1 aromatic rings. The molecule has 0 spiro atoms. The van der Waals surface area contributed by atoms with Crippen LogP contribution in [0.5, 0.6) is 0 Å². The standard InChI is InChI=1S/C12H19N3O2S/c16-18(17)5-2-11(3-6-18)15-9-14-8-12(15)10-1-4-13-7-10/h8-11,13H,1-7H2. The van der Waals surface area contributed by atoms with E-state index in [0.717, 1.165) is 32.4 Å². The Bertz CT molecular complexity index is 503. The van der Waals surface area contributed by atoms with Crippen LogP contribution in [0.2, 0.25) is 0 Å². The largest absolute Gasteiger partial charge is 0.331 e. The van der Waals surface area contributed by atoms with Gasteiger partial charge in [0.2, 0.25) is 0 Å². The van der Waals surface area contributed by atoms with E-state index in [2.05, 4.69) is 14.9 Å². The molecule has 1 N–H and O–H groups in total. The number of nitrogens with one attached hydrogen (secondary N) is 1. The summed E-state index contributed by atoms with van der Waals surface area (Å²) in [6.07, 6.45) is 6.42. The first-order valence-corrected chi connectivity index (χ1v) is 8.41. The second kappa shape index (κ2) is 4.66. The summed E-state index contributed by atoms with van der Waals surface area (Å²) in [7, 11) is -2.78. The van der Waals surface area contributed by atoms with Gasteiger partial charge in [-0.3, -0.25) is 0 Å². The van der Waals surface area contributed by atoms with Gasteiger partial charge < -0.3 is 9.88 Å². The zero-order valence-electron chi connectivity index (χ0n) is 10.4. The molecule has 0 radical (unpaired) electrons. The van der Waals surface area contributed by atoms with Gasteiger partial charge in [0.25, 0.3) is 0 Å². The van der Waals surface area contributed by atoms with E-state index in [1.807, 2.05) is 12.5 Å². The lowest BCUT2D eigenvalue weighted by molar-refractivity contribution is 0.430. The van der Waals surface area contributed by atoms with Gasteiger partial charge in [0.05, 0.1) is 17.8 Å². The molecule has 2 aliphatic rings. The molecule has 1 unspecified atom stereocenters. The van der Waals surface area contributed by atoms with E-state index in [4.69, 9.17) is 0 Å². The summed E-state index contributed by atoms with van der Waals surface area (Å²) >= 11 is 0. The monoisotopic (exact) mass is 269 g/mol. The fourth-order valence-corrected chi connectivity index (χ4v) is 4.47. The van der Waals surface area contributed by atoms with Gasteiger partial charge in [-0.05, 0) is 25.8 Å². The Balaban J connectivity index is 1.78. The van der Waals surface area contributed by atoms with Crippen LogP contribution in [0.25, 0.3) is 0 Å². The molecule has 6 heteroatoms.